The van der Waals surface area contributed by atoms with E-state index >= 15 is 0 Å². The van der Waals surface area contributed by atoms with Gasteiger partial charge in [-0.2, -0.15) is 0 Å². The Morgan fingerprint density at radius 3 is 2.52 bits per heavy atom. The van der Waals surface area contributed by atoms with E-state index in [-0.39, 0.29) is 17.9 Å². The van der Waals surface area contributed by atoms with Crippen molar-refractivity contribution in [1.29, 1.82) is 0 Å². The summed E-state index contributed by atoms with van der Waals surface area (Å²) in [5, 5.41) is 2.13. The lowest BCUT2D eigenvalue weighted by Gasteiger charge is -2.41. The number of thiophene rings is 1. The highest BCUT2D eigenvalue weighted by molar-refractivity contribution is 7.10. The van der Waals surface area contributed by atoms with Gasteiger partial charge in [0.05, 0.1) is 6.04 Å². The summed E-state index contributed by atoms with van der Waals surface area (Å²) in [7, 11) is 0. The zero-order valence-electron chi connectivity index (χ0n) is 18.2. The van der Waals surface area contributed by atoms with Gasteiger partial charge in [0.1, 0.15) is 0 Å². The molecule has 1 unspecified atom stereocenters. The van der Waals surface area contributed by atoms with Crippen molar-refractivity contribution in [2.24, 2.45) is 11.8 Å². The largest absolute Gasteiger partial charge is 0.342 e. The van der Waals surface area contributed by atoms with Crippen LogP contribution >= 0.6 is 11.3 Å². The summed E-state index contributed by atoms with van der Waals surface area (Å²) >= 11 is 1.78. The summed E-state index contributed by atoms with van der Waals surface area (Å²) in [6.45, 7) is 2.52. The second kappa shape index (κ2) is 9.15. The third-order valence-corrected chi connectivity index (χ3v) is 8.59. The van der Waals surface area contributed by atoms with Crippen LogP contribution in [0.5, 0.6) is 0 Å². The lowest BCUT2D eigenvalue weighted by atomic mass is 9.75. The molecule has 1 aliphatic carbocycles. The van der Waals surface area contributed by atoms with E-state index in [0.29, 0.717) is 18.8 Å². The Balaban J connectivity index is 1.24. The first kappa shape index (κ1) is 20.7. The van der Waals surface area contributed by atoms with Crippen LogP contribution in [0.25, 0.3) is 0 Å². The van der Waals surface area contributed by atoms with E-state index in [9.17, 15) is 9.59 Å². The average Bonchev–Trinajstić information content (AvgIpc) is 3.31. The third-order valence-electron chi connectivity index (χ3n) is 7.60. The molecule has 2 aliphatic heterocycles. The van der Waals surface area contributed by atoms with E-state index in [1.165, 1.54) is 36.1 Å². The minimum absolute atomic E-state index is 0.0308. The minimum atomic E-state index is -0.0308. The highest BCUT2D eigenvalue weighted by atomic mass is 32.1. The summed E-state index contributed by atoms with van der Waals surface area (Å²) < 4.78 is 0. The number of benzene rings is 1. The number of nitrogens with zero attached hydrogens (tertiary/aromatic N) is 2. The van der Waals surface area contributed by atoms with Crippen LogP contribution in [0.3, 0.4) is 0 Å². The van der Waals surface area contributed by atoms with Crippen LogP contribution in [0.4, 0.5) is 0 Å². The van der Waals surface area contributed by atoms with E-state index in [4.69, 9.17) is 0 Å². The molecule has 4 nitrogen and oxygen atoms in total. The van der Waals surface area contributed by atoms with Gasteiger partial charge in [0.15, 0.2) is 0 Å². The molecule has 5 heteroatoms. The summed E-state index contributed by atoms with van der Waals surface area (Å²) in [4.78, 5) is 31.6. The van der Waals surface area contributed by atoms with Gasteiger partial charge in [-0.25, -0.2) is 0 Å². The molecule has 3 aliphatic rings. The lowest BCUT2D eigenvalue weighted by molar-refractivity contribution is -0.139. The van der Waals surface area contributed by atoms with Gasteiger partial charge in [-0.1, -0.05) is 49.6 Å². The van der Waals surface area contributed by atoms with Gasteiger partial charge in [-0.15, -0.1) is 11.3 Å². The third kappa shape index (κ3) is 4.30. The van der Waals surface area contributed by atoms with E-state index in [0.717, 1.165) is 44.0 Å². The molecule has 1 aromatic carbocycles. The zero-order valence-corrected chi connectivity index (χ0v) is 19.0. The Bertz CT molecular complexity index is 924. The quantitative estimate of drug-likeness (QED) is 0.674. The number of likely N-dealkylation sites (tertiary alicyclic amines) is 1. The maximum atomic E-state index is 13.3. The predicted molar refractivity (Wildman–Crippen MR) is 124 cm³/mol. The molecular formula is C26H32N2O2S. The van der Waals surface area contributed by atoms with Gasteiger partial charge >= 0.3 is 0 Å². The van der Waals surface area contributed by atoms with Crippen LogP contribution in [-0.4, -0.2) is 41.2 Å². The van der Waals surface area contributed by atoms with Gasteiger partial charge < -0.3 is 9.80 Å². The van der Waals surface area contributed by atoms with Gasteiger partial charge in [0.2, 0.25) is 11.8 Å². The van der Waals surface area contributed by atoms with Gasteiger partial charge in [0, 0.05) is 37.4 Å². The summed E-state index contributed by atoms with van der Waals surface area (Å²) in [5.41, 5.74) is 2.40. The van der Waals surface area contributed by atoms with E-state index in [1.807, 2.05) is 28.0 Å². The number of hydrogen-bond acceptors (Lipinski definition) is 3. The van der Waals surface area contributed by atoms with Crippen molar-refractivity contribution in [2.45, 2.75) is 57.4 Å². The van der Waals surface area contributed by atoms with Crippen molar-refractivity contribution >= 4 is 23.2 Å². The molecule has 31 heavy (non-hydrogen) atoms. The van der Waals surface area contributed by atoms with E-state index in [1.54, 1.807) is 11.3 Å². The average molecular weight is 437 g/mol. The van der Waals surface area contributed by atoms with Gasteiger partial charge in [0.25, 0.3) is 0 Å². The molecular weight excluding hydrogens is 404 g/mol. The maximum Gasteiger partial charge on any atom is 0.223 e. The molecule has 1 saturated carbocycles. The Kier molecular flexibility index (Phi) is 6.13. The van der Waals surface area contributed by atoms with Crippen LogP contribution in [0.2, 0.25) is 0 Å². The minimum Gasteiger partial charge on any atom is -0.342 e. The van der Waals surface area contributed by atoms with Crippen molar-refractivity contribution < 1.29 is 9.59 Å². The molecule has 2 aromatic rings. The predicted octanol–water partition coefficient (Wildman–Crippen LogP) is 5.04. The SMILES string of the molecule is O=C(CCC(=O)N1CCc2sccc2C1c1ccccc1)N1CC[C@H]2CCCC[C@@H]2C1. The highest BCUT2D eigenvalue weighted by Gasteiger charge is 2.35. The van der Waals surface area contributed by atoms with Gasteiger partial charge in [-0.05, 0) is 53.7 Å². The number of carbonyl (C=O) groups excluding carboxylic acids is 2. The summed E-state index contributed by atoms with van der Waals surface area (Å²) in [6.07, 6.45) is 7.97. The number of fused-ring (bicyclic) bond motifs is 2. The van der Waals surface area contributed by atoms with Crippen LogP contribution in [0.15, 0.2) is 41.8 Å². The second-order valence-electron chi connectivity index (χ2n) is 9.38. The molecule has 1 saturated heterocycles. The molecule has 2 fully saturated rings. The highest BCUT2D eigenvalue weighted by Crippen LogP contribution is 2.39. The molecule has 2 amide bonds. The summed E-state index contributed by atoms with van der Waals surface area (Å²) in [5.74, 6) is 1.77. The topological polar surface area (TPSA) is 40.6 Å². The Morgan fingerprint density at radius 2 is 1.68 bits per heavy atom. The first-order chi connectivity index (χ1) is 15.2. The first-order valence-electron chi connectivity index (χ1n) is 11.9. The number of rotatable bonds is 4. The molecule has 0 spiro atoms. The van der Waals surface area contributed by atoms with E-state index < -0.39 is 0 Å². The monoisotopic (exact) mass is 436 g/mol. The zero-order chi connectivity index (χ0) is 21.2. The van der Waals surface area contributed by atoms with Crippen LogP contribution < -0.4 is 0 Å². The summed E-state index contributed by atoms with van der Waals surface area (Å²) in [6, 6.07) is 12.4. The maximum absolute atomic E-state index is 13.3. The first-order valence-corrected chi connectivity index (χ1v) is 12.8. The fourth-order valence-electron chi connectivity index (χ4n) is 5.92. The van der Waals surface area contributed by atoms with Gasteiger partial charge in [-0.3, -0.25) is 9.59 Å². The Morgan fingerprint density at radius 1 is 0.903 bits per heavy atom. The molecule has 0 radical (unpaired) electrons. The normalized spacial score (nSPS) is 25.6. The molecule has 0 bridgehead atoms. The Labute approximate surface area is 189 Å². The van der Waals surface area contributed by atoms with Crippen molar-refractivity contribution in [3.8, 4) is 0 Å². The van der Waals surface area contributed by atoms with Crippen molar-refractivity contribution in [3.63, 3.8) is 0 Å². The number of carbonyl (C=O) groups is 2. The number of hydrogen-bond donors (Lipinski definition) is 0. The van der Waals surface area contributed by atoms with Crippen molar-refractivity contribution in [1.82, 2.24) is 9.80 Å². The number of piperidine rings is 1. The Hall–Kier alpha value is -2.14. The fraction of sp³-hybridized carbons (Fsp3) is 0.538. The van der Waals surface area contributed by atoms with Crippen molar-refractivity contribution in [2.75, 3.05) is 19.6 Å². The molecule has 5 rings (SSSR count). The fourth-order valence-corrected chi connectivity index (χ4v) is 6.83. The molecule has 3 heterocycles. The van der Waals surface area contributed by atoms with Crippen LogP contribution in [-0.2, 0) is 16.0 Å². The number of amides is 2. The van der Waals surface area contributed by atoms with Crippen LogP contribution in [0.1, 0.15) is 67.0 Å². The molecule has 164 valence electrons. The van der Waals surface area contributed by atoms with Crippen molar-refractivity contribution in [3.05, 3.63) is 57.8 Å². The molecule has 3 atom stereocenters. The van der Waals surface area contributed by atoms with E-state index in [2.05, 4.69) is 23.6 Å². The van der Waals surface area contributed by atoms with Crippen LogP contribution in [0, 0.1) is 11.8 Å². The molecule has 1 aromatic heterocycles. The second-order valence-corrected chi connectivity index (χ2v) is 10.4. The molecule has 0 N–H and O–H groups in total. The standard InChI is InChI=1S/C26H32N2O2S/c29-24(27-15-12-19-6-4-5-9-21(19)18-27)10-11-25(30)28-16-13-23-22(14-17-31-23)26(28)20-7-2-1-3-8-20/h1-3,7-8,14,17,19,21,26H,4-6,9-13,15-16,18H2/t19-,21-,26?/m1/s1. The smallest absolute Gasteiger partial charge is 0.223 e. The lowest BCUT2D eigenvalue weighted by Crippen LogP contribution is -2.45.